The molecule has 0 spiro atoms. The maximum absolute atomic E-state index is 11.5. The Balaban J connectivity index is 2.02. The largest absolute Gasteiger partial charge is 0.280 e. The van der Waals surface area contributed by atoms with Gasteiger partial charge >= 0.3 is 0 Å². The average molecular weight is 232 g/mol. The third-order valence-electron chi connectivity index (χ3n) is 2.33. The molecule has 0 aliphatic heterocycles. The lowest BCUT2D eigenvalue weighted by Crippen LogP contribution is -1.86. The van der Waals surface area contributed by atoms with Gasteiger partial charge in [0.05, 0.1) is 0 Å². The maximum atomic E-state index is 11.5. The van der Waals surface area contributed by atoms with E-state index in [0.29, 0.717) is 0 Å². The highest BCUT2D eigenvalue weighted by Gasteiger charge is 1.89. The van der Waals surface area contributed by atoms with Gasteiger partial charge in [-0.1, -0.05) is 60.5 Å². The van der Waals surface area contributed by atoms with E-state index in [-0.39, 0.29) is 5.78 Å². The molecule has 0 saturated carbocycles. The van der Waals surface area contributed by atoms with E-state index in [2.05, 4.69) is 11.8 Å². The molecule has 0 heterocycles. The van der Waals surface area contributed by atoms with Crippen molar-refractivity contribution in [2.45, 2.75) is 0 Å². The van der Waals surface area contributed by atoms with Gasteiger partial charge in [0.1, 0.15) is 0 Å². The van der Waals surface area contributed by atoms with Gasteiger partial charge in [-0.15, -0.1) is 0 Å². The molecule has 86 valence electrons. The maximum Gasteiger partial charge on any atom is 0.229 e. The highest BCUT2D eigenvalue weighted by Crippen LogP contribution is 2.00. The van der Waals surface area contributed by atoms with Gasteiger partial charge in [0.2, 0.25) is 5.78 Å². The first kappa shape index (κ1) is 11.9. The van der Waals surface area contributed by atoms with Crippen LogP contribution in [0.2, 0.25) is 0 Å². The molecule has 2 aromatic carbocycles. The summed E-state index contributed by atoms with van der Waals surface area (Å²) in [6.07, 6.45) is 3.26. The Labute approximate surface area is 107 Å². The van der Waals surface area contributed by atoms with Gasteiger partial charge in [-0.3, -0.25) is 4.79 Å². The smallest absolute Gasteiger partial charge is 0.229 e. The fourth-order valence-corrected chi connectivity index (χ4v) is 1.43. The van der Waals surface area contributed by atoms with Crippen LogP contribution in [0.25, 0.3) is 6.08 Å². The highest BCUT2D eigenvalue weighted by atomic mass is 16.1. The van der Waals surface area contributed by atoms with Crippen LogP contribution in [0.1, 0.15) is 11.1 Å². The lowest BCUT2D eigenvalue weighted by atomic mass is 10.2. The molecular formula is C17H12O. The van der Waals surface area contributed by atoms with Crippen LogP contribution in [0.3, 0.4) is 0 Å². The van der Waals surface area contributed by atoms with Gasteiger partial charge in [-0.05, 0) is 29.7 Å². The number of hydrogen-bond donors (Lipinski definition) is 0. The zero-order valence-electron chi connectivity index (χ0n) is 9.84. The summed E-state index contributed by atoms with van der Waals surface area (Å²) < 4.78 is 0. The number of carbonyl (C=O) groups is 1. The zero-order chi connectivity index (χ0) is 12.6. The van der Waals surface area contributed by atoms with E-state index in [1.807, 2.05) is 60.7 Å². The summed E-state index contributed by atoms with van der Waals surface area (Å²) in [5, 5.41) is 0. The molecule has 2 aromatic rings. The Hall–Kier alpha value is -2.59. The van der Waals surface area contributed by atoms with Crippen molar-refractivity contribution in [1.82, 2.24) is 0 Å². The third kappa shape index (κ3) is 3.77. The number of benzene rings is 2. The van der Waals surface area contributed by atoms with Crippen LogP contribution in [0.15, 0.2) is 66.7 Å². The summed E-state index contributed by atoms with van der Waals surface area (Å²) in [6.45, 7) is 0. The SMILES string of the molecule is O=C(C#Cc1ccccc1)/C=C/c1ccccc1. The van der Waals surface area contributed by atoms with Crippen LogP contribution < -0.4 is 0 Å². The van der Waals surface area contributed by atoms with E-state index >= 15 is 0 Å². The number of hydrogen-bond acceptors (Lipinski definition) is 1. The van der Waals surface area contributed by atoms with E-state index in [1.54, 1.807) is 6.08 Å². The molecule has 1 heteroatoms. The van der Waals surface area contributed by atoms with Crippen molar-refractivity contribution in [2.24, 2.45) is 0 Å². The van der Waals surface area contributed by atoms with Crippen molar-refractivity contribution in [3.63, 3.8) is 0 Å². The summed E-state index contributed by atoms with van der Waals surface area (Å²) in [4.78, 5) is 11.5. The number of allylic oxidation sites excluding steroid dienone is 1. The first-order valence-electron chi connectivity index (χ1n) is 5.69. The second kappa shape index (κ2) is 6.22. The van der Waals surface area contributed by atoms with Crippen molar-refractivity contribution in [3.05, 3.63) is 77.9 Å². The molecule has 0 saturated heterocycles. The molecular weight excluding hydrogens is 220 g/mol. The monoisotopic (exact) mass is 232 g/mol. The molecule has 0 unspecified atom stereocenters. The Morgan fingerprint density at radius 1 is 0.889 bits per heavy atom. The molecule has 0 atom stereocenters. The topological polar surface area (TPSA) is 17.1 Å². The fraction of sp³-hybridized carbons (Fsp3) is 0. The quantitative estimate of drug-likeness (QED) is 0.573. The Bertz CT molecular complexity index is 598. The van der Waals surface area contributed by atoms with Crippen molar-refractivity contribution < 1.29 is 4.79 Å². The molecule has 0 aliphatic rings. The standard InChI is InChI=1S/C17H12O/c18-17(13-11-15-7-3-1-4-8-15)14-12-16-9-5-2-6-10-16/h1-11,13H/b13-11+. The van der Waals surface area contributed by atoms with Crippen LogP contribution in [0.4, 0.5) is 0 Å². The summed E-state index contributed by atoms with van der Waals surface area (Å²) in [7, 11) is 0. The molecule has 0 fully saturated rings. The van der Waals surface area contributed by atoms with E-state index in [4.69, 9.17) is 0 Å². The Morgan fingerprint density at radius 3 is 2.17 bits per heavy atom. The second-order valence-electron chi connectivity index (χ2n) is 3.72. The first-order chi connectivity index (χ1) is 8.84. The Morgan fingerprint density at radius 2 is 1.50 bits per heavy atom. The van der Waals surface area contributed by atoms with E-state index in [1.165, 1.54) is 6.08 Å². The lowest BCUT2D eigenvalue weighted by Gasteiger charge is -1.89. The molecule has 0 N–H and O–H groups in total. The predicted molar refractivity (Wildman–Crippen MR) is 73.8 cm³/mol. The summed E-state index contributed by atoms with van der Waals surface area (Å²) in [5.74, 6) is 5.23. The van der Waals surface area contributed by atoms with Crippen LogP contribution in [-0.2, 0) is 4.79 Å². The lowest BCUT2D eigenvalue weighted by molar-refractivity contribution is -0.109. The van der Waals surface area contributed by atoms with Crippen LogP contribution in [0.5, 0.6) is 0 Å². The summed E-state index contributed by atoms with van der Waals surface area (Å²) in [5.41, 5.74) is 1.84. The number of ketones is 1. The van der Waals surface area contributed by atoms with Crippen LogP contribution in [-0.4, -0.2) is 5.78 Å². The molecule has 18 heavy (non-hydrogen) atoms. The molecule has 0 amide bonds. The fourth-order valence-electron chi connectivity index (χ4n) is 1.43. The van der Waals surface area contributed by atoms with Gasteiger partial charge in [0, 0.05) is 5.56 Å². The van der Waals surface area contributed by atoms with Crippen molar-refractivity contribution in [1.29, 1.82) is 0 Å². The number of carbonyl (C=O) groups excluding carboxylic acids is 1. The first-order valence-corrected chi connectivity index (χ1v) is 5.69. The van der Waals surface area contributed by atoms with Crippen molar-refractivity contribution in [3.8, 4) is 11.8 Å². The minimum absolute atomic E-state index is 0.192. The highest BCUT2D eigenvalue weighted by molar-refractivity contribution is 6.06. The van der Waals surface area contributed by atoms with Crippen LogP contribution in [0, 0.1) is 11.8 Å². The summed E-state index contributed by atoms with van der Waals surface area (Å²) in [6, 6.07) is 19.1. The van der Waals surface area contributed by atoms with Gasteiger partial charge in [0.15, 0.2) is 0 Å². The molecule has 0 aliphatic carbocycles. The van der Waals surface area contributed by atoms with E-state index in [0.717, 1.165) is 11.1 Å². The number of rotatable bonds is 2. The minimum atomic E-state index is -0.192. The summed E-state index contributed by atoms with van der Waals surface area (Å²) >= 11 is 0. The van der Waals surface area contributed by atoms with Crippen LogP contribution >= 0.6 is 0 Å². The predicted octanol–water partition coefficient (Wildman–Crippen LogP) is 3.32. The minimum Gasteiger partial charge on any atom is -0.280 e. The molecule has 2 rings (SSSR count). The zero-order valence-corrected chi connectivity index (χ0v) is 9.84. The van der Waals surface area contributed by atoms with Gasteiger partial charge < -0.3 is 0 Å². The Kier molecular flexibility index (Phi) is 4.11. The molecule has 0 aromatic heterocycles. The van der Waals surface area contributed by atoms with Gasteiger partial charge in [-0.25, -0.2) is 0 Å². The third-order valence-corrected chi connectivity index (χ3v) is 2.33. The second-order valence-corrected chi connectivity index (χ2v) is 3.72. The van der Waals surface area contributed by atoms with Crippen molar-refractivity contribution >= 4 is 11.9 Å². The molecule has 0 bridgehead atoms. The van der Waals surface area contributed by atoms with E-state index in [9.17, 15) is 4.79 Å². The molecule has 1 nitrogen and oxygen atoms in total. The normalized spacial score (nSPS) is 9.78. The molecule has 0 radical (unpaired) electrons. The van der Waals surface area contributed by atoms with Gasteiger partial charge in [0.25, 0.3) is 0 Å². The van der Waals surface area contributed by atoms with Gasteiger partial charge in [-0.2, -0.15) is 0 Å². The van der Waals surface area contributed by atoms with E-state index < -0.39 is 0 Å². The van der Waals surface area contributed by atoms with Crippen molar-refractivity contribution in [2.75, 3.05) is 0 Å². The average Bonchev–Trinajstić information content (AvgIpc) is 2.45.